The third-order valence-electron chi connectivity index (χ3n) is 4.82. The van der Waals surface area contributed by atoms with Gasteiger partial charge in [-0.25, -0.2) is 12.4 Å². The van der Waals surface area contributed by atoms with Gasteiger partial charge in [0.15, 0.2) is 0 Å². The molecule has 0 spiro atoms. The molecule has 1 heterocycles. The maximum absolute atomic E-state index is 13.5. The van der Waals surface area contributed by atoms with Crippen molar-refractivity contribution in [3.8, 4) is 0 Å². The lowest BCUT2D eigenvalue weighted by atomic mass is 10.1. The number of fused-ring (bicyclic) bond motifs is 2. The first-order chi connectivity index (χ1) is 15.3. The summed E-state index contributed by atoms with van der Waals surface area (Å²) in [6.45, 7) is 0. The summed E-state index contributed by atoms with van der Waals surface area (Å²) in [5.41, 5.74) is 0.242. The number of non-ortho nitro benzene ring substituents is 1. The van der Waals surface area contributed by atoms with Crippen molar-refractivity contribution < 1.29 is 13.3 Å². The molecule has 0 amide bonds. The second-order valence-corrected chi connectivity index (χ2v) is 9.08. The van der Waals surface area contributed by atoms with Crippen molar-refractivity contribution in [2.75, 3.05) is 14.1 Å². The lowest BCUT2D eigenvalue weighted by Gasteiger charge is -2.08. The quantitative estimate of drug-likeness (QED) is 0.192. The zero-order chi connectivity index (χ0) is 22.9. The molecule has 0 fully saturated rings. The van der Waals surface area contributed by atoms with Crippen LogP contribution >= 0.6 is 0 Å². The van der Waals surface area contributed by atoms with Crippen LogP contribution in [0, 0.1) is 10.1 Å². The van der Waals surface area contributed by atoms with E-state index in [4.69, 9.17) is 0 Å². The number of aromatic nitrogens is 1. The van der Waals surface area contributed by atoms with E-state index >= 15 is 0 Å². The van der Waals surface area contributed by atoms with Gasteiger partial charge < -0.3 is 4.90 Å². The highest BCUT2D eigenvalue weighted by Crippen LogP contribution is 2.32. The average Bonchev–Trinajstić information content (AvgIpc) is 3.15. The van der Waals surface area contributed by atoms with E-state index in [0.29, 0.717) is 0 Å². The SMILES string of the molecule is CN(C)/C=N/N=Cc1cn(S(=O)(=O)c2ccc3ccccc3c2)c2cccc([N+](=O)[O-])c12. The molecule has 0 saturated carbocycles. The number of nitro benzene ring substituents is 1. The highest BCUT2D eigenvalue weighted by molar-refractivity contribution is 7.90. The van der Waals surface area contributed by atoms with Gasteiger partial charge in [0.05, 0.1) is 26.9 Å². The Morgan fingerprint density at radius 1 is 1.00 bits per heavy atom. The lowest BCUT2D eigenvalue weighted by molar-refractivity contribution is -0.383. The molecule has 4 aromatic rings. The highest BCUT2D eigenvalue weighted by atomic mass is 32.2. The molecule has 0 atom stereocenters. The molecule has 0 saturated heterocycles. The summed E-state index contributed by atoms with van der Waals surface area (Å²) in [4.78, 5) is 12.8. The maximum atomic E-state index is 13.5. The van der Waals surface area contributed by atoms with Gasteiger partial charge in [-0.1, -0.05) is 36.4 Å². The van der Waals surface area contributed by atoms with Crippen LogP contribution in [-0.2, 0) is 10.0 Å². The first kappa shape index (κ1) is 21.2. The summed E-state index contributed by atoms with van der Waals surface area (Å²) in [6, 6.07) is 16.6. The normalized spacial score (nSPS) is 12.3. The molecule has 9 nitrogen and oxygen atoms in total. The molecular weight excluding hydrogens is 430 g/mol. The Labute approximate surface area is 184 Å². The summed E-state index contributed by atoms with van der Waals surface area (Å²) in [5.74, 6) is 0. The Kier molecular flexibility index (Phi) is 5.45. The predicted molar refractivity (Wildman–Crippen MR) is 125 cm³/mol. The molecule has 0 bridgehead atoms. The molecule has 0 aliphatic carbocycles. The number of benzene rings is 3. The van der Waals surface area contributed by atoms with Crippen molar-refractivity contribution in [2.24, 2.45) is 10.2 Å². The van der Waals surface area contributed by atoms with Gasteiger partial charge in [-0.2, -0.15) is 5.10 Å². The van der Waals surface area contributed by atoms with Crippen LogP contribution < -0.4 is 0 Å². The monoisotopic (exact) mass is 449 g/mol. The minimum absolute atomic E-state index is 0.0775. The van der Waals surface area contributed by atoms with E-state index < -0.39 is 14.9 Å². The Bertz CT molecular complexity index is 1500. The molecule has 0 aliphatic rings. The van der Waals surface area contributed by atoms with Crippen molar-refractivity contribution in [3.05, 3.63) is 82.5 Å². The van der Waals surface area contributed by atoms with Crippen LogP contribution in [0.1, 0.15) is 5.56 Å². The van der Waals surface area contributed by atoms with Gasteiger partial charge in [0.1, 0.15) is 6.34 Å². The molecule has 1 aromatic heterocycles. The maximum Gasteiger partial charge on any atom is 0.279 e. The summed E-state index contributed by atoms with van der Waals surface area (Å²) >= 11 is 0. The van der Waals surface area contributed by atoms with E-state index in [2.05, 4.69) is 10.2 Å². The minimum atomic E-state index is -4.04. The third-order valence-corrected chi connectivity index (χ3v) is 6.49. The van der Waals surface area contributed by atoms with Gasteiger partial charge in [0.2, 0.25) is 0 Å². The molecule has 10 heteroatoms. The van der Waals surface area contributed by atoms with Crippen molar-refractivity contribution in [2.45, 2.75) is 4.90 Å². The molecular formula is C22H19N5O4S. The zero-order valence-corrected chi connectivity index (χ0v) is 18.1. The third kappa shape index (κ3) is 3.83. The van der Waals surface area contributed by atoms with Gasteiger partial charge >= 0.3 is 0 Å². The van der Waals surface area contributed by atoms with Crippen LogP contribution in [0.2, 0.25) is 0 Å². The minimum Gasteiger partial charge on any atom is -0.367 e. The van der Waals surface area contributed by atoms with E-state index in [0.717, 1.165) is 14.7 Å². The van der Waals surface area contributed by atoms with Crippen LogP contribution in [0.4, 0.5) is 5.69 Å². The number of nitrogens with zero attached hydrogens (tertiary/aromatic N) is 5. The molecule has 0 aliphatic heterocycles. The zero-order valence-electron chi connectivity index (χ0n) is 17.3. The molecule has 0 N–H and O–H groups in total. The van der Waals surface area contributed by atoms with Gasteiger partial charge in [0, 0.05) is 31.9 Å². The van der Waals surface area contributed by atoms with Crippen LogP contribution in [0.5, 0.6) is 0 Å². The van der Waals surface area contributed by atoms with Crippen LogP contribution in [0.25, 0.3) is 21.7 Å². The Balaban J connectivity index is 1.93. The lowest BCUT2D eigenvalue weighted by Crippen LogP contribution is -2.11. The smallest absolute Gasteiger partial charge is 0.279 e. The number of rotatable bonds is 6. The first-order valence-corrected chi connectivity index (χ1v) is 11.0. The Morgan fingerprint density at radius 3 is 2.47 bits per heavy atom. The predicted octanol–water partition coefficient (Wildman–Crippen LogP) is 3.86. The molecule has 0 radical (unpaired) electrons. The fraction of sp³-hybridized carbons (Fsp3) is 0.0909. The second kappa shape index (κ2) is 8.23. The number of hydrogen-bond acceptors (Lipinski definition) is 6. The van der Waals surface area contributed by atoms with E-state index in [-0.39, 0.29) is 27.0 Å². The van der Waals surface area contributed by atoms with E-state index in [1.807, 2.05) is 24.3 Å². The van der Waals surface area contributed by atoms with Crippen LogP contribution in [-0.4, -0.2) is 48.9 Å². The average molecular weight is 449 g/mol. The summed E-state index contributed by atoms with van der Waals surface area (Å²) < 4.78 is 28.1. The number of hydrogen-bond donors (Lipinski definition) is 0. The van der Waals surface area contributed by atoms with Crippen LogP contribution in [0.15, 0.2) is 82.0 Å². The fourth-order valence-electron chi connectivity index (χ4n) is 3.39. The molecule has 162 valence electrons. The standard InChI is InChI=1S/C22H19N5O4S/c1-25(2)15-24-23-13-18-14-26(20-8-5-9-21(22(18)20)27(28)29)32(30,31)19-11-10-16-6-3-4-7-17(16)12-19/h3-15H,1-2H3/b23-13?,24-15+. The largest absolute Gasteiger partial charge is 0.367 e. The van der Waals surface area contributed by atoms with Crippen molar-refractivity contribution in [1.82, 2.24) is 8.87 Å². The topological polar surface area (TPSA) is 110 Å². The van der Waals surface area contributed by atoms with E-state index in [9.17, 15) is 18.5 Å². The number of nitro groups is 1. The van der Waals surface area contributed by atoms with Crippen molar-refractivity contribution >= 4 is 49.9 Å². The second-order valence-electron chi connectivity index (χ2n) is 7.26. The molecule has 4 rings (SSSR count). The van der Waals surface area contributed by atoms with Crippen LogP contribution in [0.3, 0.4) is 0 Å². The Morgan fingerprint density at radius 2 is 1.75 bits per heavy atom. The van der Waals surface area contributed by atoms with Gasteiger partial charge in [-0.15, -0.1) is 5.10 Å². The summed E-state index contributed by atoms with van der Waals surface area (Å²) in [7, 11) is -0.498. The fourth-order valence-corrected chi connectivity index (χ4v) is 4.79. The van der Waals surface area contributed by atoms with Gasteiger partial charge in [-0.05, 0) is 29.0 Å². The summed E-state index contributed by atoms with van der Waals surface area (Å²) in [5, 5.41) is 21.2. The Hall–Kier alpha value is -4.05. The highest BCUT2D eigenvalue weighted by Gasteiger charge is 2.25. The first-order valence-electron chi connectivity index (χ1n) is 9.55. The molecule has 0 unspecified atom stereocenters. The summed E-state index contributed by atoms with van der Waals surface area (Å²) in [6.07, 6.45) is 4.09. The van der Waals surface area contributed by atoms with Crippen molar-refractivity contribution in [1.29, 1.82) is 0 Å². The van der Waals surface area contributed by atoms with Gasteiger partial charge in [0.25, 0.3) is 15.7 Å². The van der Waals surface area contributed by atoms with E-state index in [1.54, 1.807) is 31.1 Å². The van der Waals surface area contributed by atoms with E-state index in [1.165, 1.54) is 43.0 Å². The molecule has 3 aromatic carbocycles. The molecule has 32 heavy (non-hydrogen) atoms. The van der Waals surface area contributed by atoms with Gasteiger partial charge in [-0.3, -0.25) is 10.1 Å². The van der Waals surface area contributed by atoms with Crippen molar-refractivity contribution in [3.63, 3.8) is 0 Å².